The van der Waals surface area contributed by atoms with Gasteiger partial charge in [0.05, 0.1) is 18.6 Å². The Labute approximate surface area is 198 Å². The highest BCUT2D eigenvalue weighted by Crippen LogP contribution is 2.35. The number of rotatable bonds is 5. The molecule has 0 atom stereocenters. The molecule has 33 heavy (non-hydrogen) atoms. The zero-order valence-electron chi connectivity index (χ0n) is 19.3. The van der Waals surface area contributed by atoms with E-state index in [2.05, 4.69) is 51.1 Å². The van der Waals surface area contributed by atoms with E-state index in [1.54, 1.807) is 17.7 Å². The van der Waals surface area contributed by atoms with Gasteiger partial charge in [-0.1, -0.05) is 12.1 Å². The van der Waals surface area contributed by atoms with Crippen molar-refractivity contribution in [3.8, 4) is 0 Å². The third-order valence-electron chi connectivity index (χ3n) is 6.84. The molecule has 0 saturated carbocycles. The minimum atomic E-state index is 0.0249. The zero-order valence-corrected chi connectivity index (χ0v) is 20.2. The number of nitrogens with zero attached hydrogens (tertiary/aromatic N) is 4. The first kappa shape index (κ1) is 22.3. The molecule has 1 amide bonds. The van der Waals surface area contributed by atoms with E-state index in [4.69, 9.17) is 4.74 Å². The van der Waals surface area contributed by atoms with Crippen LogP contribution in [0.15, 0.2) is 30.6 Å². The Morgan fingerprint density at radius 3 is 2.55 bits per heavy atom. The quantitative estimate of drug-likeness (QED) is 0.614. The standard InChI is InChI=1S/C25H31N5O2S/c1-17-18(2)33-25-22(17)23(26-16-27-25)30-9-7-20(8-10-30)24(31)28-21-5-3-19(4-6-21)15-29-11-13-32-14-12-29/h3-6,16,20H,7-15H2,1-2H3,(H,28,31). The Morgan fingerprint density at radius 1 is 1.09 bits per heavy atom. The summed E-state index contributed by atoms with van der Waals surface area (Å²) in [6, 6.07) is 8.25. The van der Waals surface area contributed by atoms with E-state index in [1.165, 1.54) is 21.4 Å². The first-order chi connectivity index (χ1) is 16.1. The maximum Gasteiger partial charge on any atom is 0.227 e. The van der Waals surface area contributed by atoms with Crippen LogP contribution in [0.25, 0.3) is 10.2 Å². The average molecular weight is 466 g/mol. The number of hydrogen-bond donors (Lipinski definition) is 1. The highest BCUT2D eigenvalue weighted by molar-refractivity contribution is 7.18. The van der Waals surface area contributed by atoms with Crippen LogP contribution < -0.4 is 10.2 Å². The Hall–Kier alpha value is -2.55. The molecule has 0 unspecified atom stereocenters. The van der Waals surface area contributed by atoms with Crippen molar-refractivity contribution in [2.24, 2.45) is 5.92 Å². The lowest BCUT2D eigenvalue weighted by Gasteiger charge is -2.32. The summed E-state index contributed by atoms with van der Waals surface area (Å²) in [4.78, 5) is 29.0. The number of thiophene rings is 1. The summed E-state index contributed by atoms with van der Waals surface area (Å²) in [6.07, 6.45) is 3.32. The van der Waals surface area contributed by atoms with Gasteiger partial charge >= 0.3 is 0 Å². The van der Waals surface area contributed by atoms with Crippen molar-refractivity contribution in [1.29, 1.82) is 0 Å². The summed E-state index contributed by atoms with van der Waals surface area (Å²) in [7, 11) is 0. The van der Waals surface area contributed by atoms with E-state index in [9.17, 15) is 4.79 Å². The molecule has 0 spiro atoms. The van der Waals surface area contributed by atoms with Crippen molar-refractivity contribution in [3.63, 3.8) is 0 Å². The fraction of sp³-hybridized carbons (Fsp3) is 0.480. The number of benzene rings is 1. The second kappa shape index (κ2) is 9.75. The molecule has 4 heterocycles. The molecule has 0 bridgehead atoms. The molecule has 3 aromatic rings. The first-order valence-electron chi connectivity index (χ1n) is 11.7. The van der Waals surface area contributed by atoms with Crippen LogP contribution in [-0.2, 0) is 16.1 Å². The van der Waals surface area contributed by atoms with Crippen LogP contribution in [0.5, 0.6) is 0 Å². The predicted molar refractivity (Wildman–Crippen MR) is 133 cm³/mol. The third kappa shape index (κ3) is 4.88. The van der Waals surface area contributed by atoms with Gasteiger partial charge in [-0.2, -0.15) is 0 Å². The first-order valence-corrected chi connectivity index (χ1v) is 12.6. The van der Waals surface area contributed by atoms with Crippen LogP contribution in [-0.4, -0.2) is 60.2 Å². The Kier molecular flexibility index (Phi) is 6.57. The van der Waals surface area contributed by atoms with Gasteiger partial charge in [-0.05, 0) is 49.9 Å². The summed E-state index contributed by atoms with van der Waals surface area (Å²) in [5.74, 6) is 1.15. The van der Waals surface area contributed by atoms with Crippen molar-refractivity contribution in [3.05, 3.63) is 46.6 Å². The number of morpholine rings is 1. The number of carbonyl (C=O) groups excluding carboxylic acids is 1. The van der Waals surface area contributed by atoms with E-state index in [1.807, 2.05) is 12.1 Å². The SMILES string of the molecule is Cc1sc2ncnc(N3CCC(C(=O)Nc4ccc(CN5CCOCC5)cc4)CC3)c2c1C. The van der Waals surface area contributed by atoms with Crippen molar-refractivity contribution in [1.82, 2.24) is 14.9 Å². The van der Waals surface area contributed by atoms with Gasteiger partial charge in [0.2, 0.25) is 5.91 Å². The lowest BCUT2D eigenvalue weighted by Crippen LogP contribution is -2.38. The predicted octanol–water partition coefficient (Wildman–Crippen LogP) is 4.00. The number of carbonyl (C=O) groups is 1. The summed E-state index contributed by atoms with van der Waals surface area (Å²) < 4.78 is 5.42. The zero-order chi connectivity index (χ0) is 22.8. The Balaban J connectivity index is 1.17. The molecular weight excluding hydrogens is 434 g/mol. The van der Waals surface area contributed by atoms with Gasteiger partial charge in [0.15, 0.2) is 0 Å². The number of fused-ring (bicyclic) bond motifs is 1. The molecule has 7 nitrogen and oxygen atoms in total. The van der Waals surface area contributed by atoms with Gasteiger partial charge in [-0.15, -0.1) is 11.3 Å². The number of piperidine rings is 1. The van der Waals surface area contributed by atoms with Crippen molar-refractivity contribution >= 4 is 39.0 Å². The van der Waals surface area contributed by atoms with Gasteiger partial charge in [0.1, 0.15) is 17.0 Å². The molecule has 2 saturated heterocycles. The number of nitrogens with one attached hydrogen (secondary N) is 1. The van der Waals surface area contributed by atoms with Gasteiger partial charge in [0, 0.05) is 49.2 Å². The van der Waals surface area contributed by atoms with E-state index in [0.29, 0.717) is 0 Å². The van der Waals surface area contributed by atoms with Crippen LogP contribution in [0.4, 0.5) is 11.5 Å². The maximum atomic E-state index is 12.9. The molecular formula is C25H31N5O2S. The van der Waals surface area contributed by atoms with Crippen LogP contribution >= 0.6 is 11.3 Å². The fourth-order valence-electron chi connectivity index (χ4n) is 4.71. The van der Waals surface area contributed by atoms with E-state index in [0.717, 1.165) is 75.1 Å². The highest BCUT2D eigenvalue weighted by atomic mass is 32.1. The van der Waals surface area contributed by atoms with Crippen LogP contribution in [0.3, 0.4) is 0 Å². The van der Waals surface area contributed by atoms with Gasteiger partial charge in [0.25, 0.3) is 0 Å². The summed E-state index contributed by atoms with van der Waals surface area (Å²) in [5.41, 5.74) is 3.40. The smallest absolute Gasteiger partial charge is 0.227 e. The minimum absolute atomic E-state index is 0.0249. The second-order valence-corrected chi connectivity index (χ2v) is 10.2. The molecule has 2 aromatic heterocycles. The van der Waals surface area contributed by atoms with Crippen LogP contribution in [0.1, 0.15) is 28.8 Å². The minimum Gasteiger partial charge on any atom is -0.379 e. The lowest BCUT2D eigenvalue weighted by molar-refractivity contribution is -0.120. The number of anilines is 2. The van der Waals surface area contributed by atoms with Crippen LogP contribution in [0, 0.1) is 19.8 Å². The maximum absolute atomic E-state index is 12.9. The van der Waals surface area contributed by atoms with E-state index >= 15 is 0 Å². The Bertz CT molecular complexity index is 1120. The number of amides is 1. The summed E-state index contributed by atoms with van der Waals surface area (Å²) >= 11 is 1.72. The molecule has 2 aliphatic rings. The van der Waals surface area contributed by atoms with Gasteiger partial charge in [-0.3, -0.25) is 9.69 Å². The molecule has 174 valence electrons. The molecule has 1 N–H and O–H groups in total. The average Bonchev–Trinajstić information content (AvgIpc) is 3.14. The highest BCUT2D eigenvalue weighted by Gasteiger charge is 2.27. The number of ether oxygens (including phenoxy) is 1. The monoisotopic (exact) mass is 465 g/mol. The van der Waals surface area contributed by atoms with Gasteiger partial charge < -0.3 is 15.0 Å². The number of hydrogen-bond acceptors (Lipinski definition) is 7. The second-order valence-electron chi connectivity index (χ2n) is 9.00. The Morgan fingerprint density at radius 2 is 1.82 bits per heavy atom. The van der Waals surface area contributed by atoms with Crippen molar-refractivity contribution in [2.45, 2.75) is 33.2 Å². The topological polar surface area (TPSA) is 70.6 Å². The van der Waals surface area contributed by atoms with Crippen LogP contribution in [0.2, 0.25) is 0 Å². The van der Waals surface area contributed by atoms with Gasteiger partial charge in [-0.25, -0.2) is 9.97 Å². The molecule has 5 rings (SSSR count). The molecule has 2 aliphatic heterocycles. The van der Waals surface area contributed by atoms with E-state index in [-0.39, 0.29) is 11.8 Å². The number of aromatic nitrogens is 2. The largest absolute Gasteiger partial charge is 0.379 e. The van der Waals surface area contributed by atoms with Crippen molar-refractivity contribution < 1.29 is 9.53 Å². The third-order valence-corrected chi connectivity index (χ3v) is 7.96. The molecule has 2 fully saturated rings. The normalized spacial score (nSPS) is 18.1. The fourth-order valence-corrected chi connectivity index (χ4v) is 5.70. The molecule has 8 heteroatoms. The van der Waals surface area contributed by atoms with E-state index < -0.39 is 0 Å². The molecule has 0 aliphatic carbocycles. The molecule has 0 radical (unpaired) electrons. The molecule has 1 aromatic carbocycles. The summed E-state index contributed by atoms with van der Waals surface area (Å²) in [6.45, 7) is 10.4. The van der Waals surface area contributed by atoms with Crippen molar-refractivity contribution in [2.75, 3.05) is 49.6 Å². The lowest BCUT2D eigenvalue weighted by atomic mass is 9.95. The summed E-state index contributed by atoms with van der Waals surface area (Å²) in [5, 5.41) is 4.29. The number of aryl methyl sites for hydroxylation is 2.